The Morgan fingerprint density at radius 3 is 2.92 bits per heavy atom. The van der Waals surface area contributed by atoms with E-state index in [1.165, 1.54) is 6.33 Å². The average Bonchev–Trinajstić information content (AvgIpc) is 3.16. The molecule has 1 N–H and O–H groups in total. The molecule has 1 aliphatic heterocycles. The number of carbonyl (C=O) groups is 1. The zero-order valence-electron chi connectivity index (χ0n) is 14.0. The van der Waals surface area contributed by atoms with Crippen molar-refractivity contribution >= 4 is 5.91 Å². The van der Waals surface area contributed by atoms with Gasteiger partial charge in [-0.1, -0.05) is 6.92 Å². The highest BCUT2D eigenvalue weighted by molar-refractivity contribution is 5.96. The van der Waals surface area contributed by atoms with E-state index in [-0.39, 0.29) is 17.9 Å². The monoisotopic (exact) mass is 333 g/mol. The van der Waals surface area contributed by atoms with E-state index in [0.717, 1.165) is 5.69 Å². The van der Waals surface area contributed by atoms with Crippen LogP contribution in [-0.2, 0) is 6.42 Å². The molecule has 1 fully saturated rings. The number of nitrogens with zero attached hydrogens (tertiary/aromatic N) is 4. The van der Waals surface area contributed by atoms with Gasteiger partial charge >= 0.3 is 0 Å². The predicted octanol–water partition coefficient (Wildman–Crippen LogP) is 1.81. The van der Waals surface area contributed by atoms with E-state index < -0.39 is 5.82 Å². The molecule has 3 rings (SSSR count). The third kappa shape index (κ3) is 2.95. The number of likely N-dealkylation sites (tertiary alicyclic amines) is 1. The molecule has 0 aliphatic carbocycles. The molecule has 8 heteroatoms. The largest absolute Gasteiger partial charge is 0.470 e. The molecule has 2 aromatic heterocycles. The molecule has 0 spiro atoms. The lowest BCUT2D eigenvalue weighted by molar-refractivity contribution is 0.0768. The van der Waals surface area contributed by atoms with Crippen LogP contribution in [0.1, 0.15) is 40.8 Å². The first-order valence-corrected chi connectivity index (χ1v) is 7.98. The minimum absolute atomic E-state index is 0.0446. The fourth-order valence-corrected chi connectivity index (χ4v) is 2.91. The quantitative estimate of drug-likeness (QED) is 0.922. The number of rotatable bonds is 4. The SMILES string of the molecule is CCc1ncnc(O[C@H]2CCN(C(=O)c3c(C)n[nH]c3C)C2)c1F. The lowest BCUT2D eigenvalue weighted by Crippen LogP contribution is -2.31. The zero-order valence-corrected chi connectivity index (χ0v) is 14.0. The Hall–Kier alpha value is -2.51. The van der Waals surface area contributed by atoms with Gasteiger partial charge in [-0.05, 0) is 20.3 Å². The fourth-order valence-electron chi connectivity index (χ4n) is 2.91. The summed E-state index contributed by atoms with van der Waals surface area (Å²) in [5.41, 5.74) is 2.35. The van der Waals surface area contributed by atoms with Crippen molar-refractivity contribution in [2.45, 2.75) is 39.7 Å². The van der Waals surface area contributed by atoms with Gasteiger partial charge in [0.15, 0.2) is 0 Å². The number of carbonyl (C=O) groups excluding carboxylic acids is 1. The lowest BCUT2D eigenvalue weighted by atomic mass is 10.2. The molecular formula is C16H20FN5O2. The van der Waals surface area contributed by atoms with Gasteiger partial charge in [0, 0.05) is 18.7 Å². The average molecular weight is 333 g/mol. The summed E-state index contributed by atoms with van der Waals surface area (Å²) in [6.45, 7) is 6.39. The van der Waals surface area contributed by atoms with Gasteiger partial charge in [-0.3, -0.25) is 9.89 Å². The molecule has 0 saturated carbocycles. The van der Waals surface area contributed by atoms with Crippen molar-refractivity contribution < 1.29 is 13.9 Å². The van der Waals surface area contributed by atoms with Gasteiger partial charge in [-0.25, -0.2) is 4.98 Å². The molecule has 0 radical (unpaired) electrons. The van der Waals surface area contributed by atoms with Crippen LogP contribution >= 0.6 is 0 Å². The number of H-pyrrole nitrogens is 1. The molecule has 128 valence electrons. The Morgan fingerprint density at radius 2 is 2.25 bits per heavy atom. The van der Waals surface area contributed by atoms with Gasteiger partial charge in [0.25, 0.3) is 11.8 Å². The summed E-state index contributed by atoms with van der Waals surface area (Å²) in [7, 11) is 0. The highest BCUT2D eigenvalue weighted by atomic mass is 19.1. The number of amides is 1. The number of nitrogens with one attached hydrogen (secondary N) is 1. The van der Waals surface area contributed by atoms with Crippen molar-refractivity contribution in [2.24, 2.45) is 0 Å². The van der Waals surface area contributed by atoms with Crippen LogP contribution in [0.5, 0.6) is 5.88 Å². The van der Waals surface area contributed by atoms with Gasteiger partial charge in [-0.2, -0.15) is 14.5 Å². The summed E-state index contributed by atoms with van der Waals surface area (Å²) in [5.74, 6) is -0.648. The lowest BCUT2D eigenvalue weighted by Gasteiger charge is -2.17. The van der Waals surface area contributed by atoms with Gasteiger partial charge < -0.3 is 9.64 Å². The second kappa shape index (κ2) is 6.54. The molecule has 1 aliphatic rings. The van der Waals surface area contributed by atoms with Gasteiger partial charge in [0.05, 0.1) is 23.5 Å². The molecule has 1 atom stereocenters. The summed E-state index contributed by atoms with van der Waals surface area (Å²) in [5, 5.41) is 6.87. The van der Waals surface area contributed by atoms with Crippen molar-refractivity contribution in [2.75, 3.05) is 13.1 Å². The number of hydrogen-bond donors (Lipinski definition) is 1. The first kappa shape index (κ1) is 16.4. The topological polar surface area (TPSA) is 84.0 Å². The number of halogens is 1. The molecule has 7 nitrogen and oxygen atoms in total. The predicted molar refractivity (Wildman–Crippen MR) is 84.4 cm³/mol. The minimum Gasteiger partial charge on any atom is -0.470 e. The molecule has 2 aromatic rings. The first-order valence-electron chi connectivity index (χ1n) is 7.98. The summed E-state index contributed by atoms with van der Waals surface area (Å²) < 4.78 is 19.8. The Labute approximate surface area is 139 Å². The minimum atomic E-state index is -0.522. The molecule has 3 heterocycles. The van der Waals surface area contributed by atoms with E-state index in [9.17, 15) is 9.18 Å². The molecule has 1 saturated heterocycles. The standard InChI is InChI=1S/C16H20FN5O2/c1-4-12-14(17)15(19-8-18-12)24-11-5-6-22(7-11)16(23)13-9(2)20-21-10(13)3/h8,11H,4-7H2,1-3H3,(H,20,21)/t11-/m0/s1. The van der Waals surface area contributed by atoms with Crippen molar-refractivity contribution in [3.8, 4) is 5.88 Å². The number of aryl methyl sites for hydroxylation is 3. The Morgan fingerprint density at radius 1 is 1.46 bits per heavy atom. The van der Waals surface area contributed by atoms with Crippen molar-refractivity contribution in [3.63, 3.8) is 0 Å². The van der Waals surface area contributed by atoms with E-state index in [2.05, 4.69) is 20.2 Å². The van der Waals surface area contributed by atoms with E-state index in [1.807, 2.05) is 13.8 Å². The molecule has 0 aromatic carbocycles. The maximum absolute atomic E-state index is 14.2. The maximum Gasteiger partial charge on any atom is 0.257 e. The van der Waals surface area contributed by atoms with Crippen molar-refractivity contribution in [1.29, 1.82) is 0 Å². The van der Waals surface area contributed by atoms with Gasteiger partial charge in [-0.15, -0.1) is 0 Å². The van der Waals surface area contributed by atoms with E-state index in [0.29, 0.717) is 42.9 Å². The van der Waals surface area contributed by atoms with Crippen molar-refractivity contribution in [1.82, 2.24) is 25.1 Å². The van der Waals surface area contributed by atoms with Crippen LogP contribution in [0, 0.1) is 19.7 Å². The smallest absolute Gasteiger partial charge is 0.257 e. The van der Waals surface area contributed by atoms with Gasteiger partial charge in [0.2, 0.25) is 5.82 Å². The summed E-state index contributed by atoms with van der Waals surface area (Å²) in [6, 6.07) is 0. The van der Waals surface area contributed by atoms with Crippen LogP contribution in [0.15, 0.2) is 6.33 Å². The maximum atomic E-state index is 14.2. The Kier molecular flexibility index (Phi) is 4.46. The third-order valence-electron chi connectivity index (χ3n) is 4.22. The first-order chi connectivity index (χ1) is 11.5. The zero-order chi connectivity index (χ0) is 17.3. The molecule has 0 bridgehead atoms. The Bertz CT molecular complexity index is 741. The van der Waals surface area contributed by atoms with Crippen LogP contribution in [0.3, 0.4) is 0 Å². The highest BCUT2D eigenvalue weighted by Crippen LogP contribution is 2.23. The highest BCUT2D eigenvalue weighted by Gasteiger charge is 2.31. The van der Waals surface area contributed by atoms with E-state index in [1.54, 1.807) is 11.8 Å². The van der Waals surface area contributed by atoms with Crippen molar-refractivity contribution in [3.05, 3.63) is 34.8 Å². The number of ether oxygens (including phenoxy) is 1. The molecule has 0 unspecified atom stereocenters. The summed E-state index contributed by atoms with van der Waals surface area (Å²) >= 11 is 0. The second-order valence-corrected chi connectivity index (χ2v) is 5.88. The summed E-state index contributed by atoms with van der Waals surface area (Å²) in [6.07, 6.45) is 2.12. The summed E-state index contributed by atoms with van der Waals surface area (Å²) in [4.78, 5) is 22.1. The third-order valence-corrected chi connectivity index (χ3v) is 4.22. The van der Waals surface area contributed by atoms with Crippen LogP contribution in [0.25, 0.3) is 0 Å². The number of aromatic amines is 1. The molecule has 24 heavy (non-hydrogen) atoms. The molecular weight excluding hydrogens is 313 g/mol. The van der Waals surface area contributed by atoms with E-state index >= 15 is 0 Å². The van der Waals surface area contributed by atoms with E-state index in [4.69, 9.17) is 4.74 Å². The number of hydrogen-bond acceptors (Lipinski definition) is 5. The van der Waals surface area contributed by atoms with Crippen LogP contribution in [0.4, 0.5) is 4.39 Å². The Balaban J connectivity index is 1.69. The fraction of sp³-hybridized carbons (Fsp3) is 0.500. The molecule has 1 amide bonds. The normalized spacial score (nSPS) is 17.3. The van der Waals surface area contributed by atoms with Gasteiger partial charge in [0.1, 0.15) is 12.4 Å². The van der Waals surface area contributed by atoms with Crippen LogP contribution < -0.4 is 4.74 Å². The number of aromatic nitrogens is 4. The van der Waals surface area contributed by atoms with Crippen LogP contribution in [-0.4, -0.2) is 50.2 Å². The second-order valence-electron chi connectivity index (χ2n) is 5.88. The van der Waals surface area contributed by atoms with Crippen LogP contribution in [0.2, 0.25) is 0 Å².